The summed E-state index contributed by atoms with van der Waals surface area (Å²) in [5.74, 6) is 0. The summed E-state index contributed by atoms with van der Waals surface area (Å²) in [6.07, 6.45) is 1.25. The third kappa shape index (κ3) is 5200. The van der Waals surface area contributed by atoms with E-state index >= 15 is 0 Å². The molecule has 10 heavy (non-hydrogen) atoms. The minimum absolute atomic E-state index is 0.500. The van der Waals surface area contributed by atoms with Crippen molar-refractivity contribution in [3.8, 4) is 0 Å². The molecule has 0 rings (SSSR count). The Morgan fingerprint density at radius 3 is 0.900 bits per heavy atom. The molecule has 0 nitrogen and oxygen atoms in total. The molecule has 64 valence electrons. The van der Waals surface area contributed by atoms with Gasteiger partial charge in [-0.1, -0.05) is 48.0 Å². The minimum Gasteiger partial charge on any atom is -0.106 e. The second-order valence-corrected chi connectivity index (χ2v) is 3.71. The molecule has 0 heteroatoms. The Morgan fingerprint density at radius 2 is 0.900 bits per heavy atom. The first-order chi connectivity index (χ1) is 4.41. The molecule has 0 fully saturated rings. The highest BCUT2D eigenvalue weighted by Gasteiger charge is 1.95. The van der Waals surface area contributed by atoms with Crippen molar-refractivity contribution in [3.05, 3.63) is 13.2 Å². The van der Waals surface area contributed by atoms with Crippen LogP contribution in [0.4, 0.5) is 0 Å². The standard InChI is InChI=1S/C5H12.C3H8.C2H4/c1-5(2,3)4;1-3-2;1-2/h1-4H3;3H2,1-2H3;1-2H2. The fraction of sp³-hybridized carbons (Fsp3) is 0.800. The normalized spacial score (nSPS) is 8.20. The van der Waals surface area contributed by atoms with Gasteiger partial charge >= 0.3 is 0 Å². The Bertz CT molecular complexity index is 32.5. The summed E-state index contributed by atoms with van der Waals surface area (Å²) < 4.78 is 0. The number of rotatable bonds is 0. The van der Waals surface area contributed by atoms with Gasteiger partial charge in [0.2, 0.25) is 0 Å². The van der Waals surface area contributed by atoms with E-state index in [-0.39, 0.29) is 0 Å². The summed E-state index contributed by atoms with van der Waals surface area (Å²) in [6, 6.07) is 0. The van der Waals surface area contributed by atoms with Crippen LogP contribution in [0.3, 0.4) is 0 Å². The van der Waals surface area contributed by atoms with Gasteiger partial charge in [0.15, 0.2) is 0 Å². The molecule has 0 unspecified atom stereocenters. The Balaban J connectivity index is -0.0000000847. The van der Waals surface area contributed by atoms with E-state index in [0.717, 1.165) is 0 Å². The quantitative estimate of drug-likeness (QED) is 0.445. The largest absolute Gasteiger partial charge is 0.106 e. The van der Waals surface area contributed by atoms with Crippen molar-refractivity contribution < 1.29 is 0 Å². The lowest BCUT2D eigenvalue weighted by atomic mass is 10.0. The van der Waals surface area contributed by atoms with Crippen molar-refractivity contribution in [1.82, 2.24) is 0 Å². The molecule has 0 saturated carbocycles. The smallest absolute Gasteiger partial charge is 0.0411 e. The zero-order chi connectivity index (χ0) is 9.21. The van der Waals surface area contributed by atoms with Crippen LogP contribution in [0, 0.1) is 5.41 Å². The maximum absolute atomic E-state index is 3.00. The molecule has 0 aromatic carbocycles. The third-order valence-corrected chi connectivity index (χ3v) is 0. The number of hydrogen-bond donors (Lipinski definition) is 0. The Kier molecular flexibility index (Phi) is 18.9. The molecule has 0 N–H and O–H groups in total. The van der Waals surface area contributed by atoms with Crippen LogP contribution in [-0.4, -0.2) is 0 Å². The lowest BCUT2D eigenvalue weighted by molar-refractivity contribution is 0.469. The Labute approximate surface area is 67.3 Å². The van der Waals surface area contributed by atoms with E-state index in [9.17, 15) is 0 Å². The van der Waals surface area contributed by atoms with Crippen molar-refractivity contribution in [2.24, 2.45) is 5.41 Å². The average molecular weight is 144 g/mol. The van der Waals surface area contributed by atoms with Crippen molar-refractivity contribution in [3.63, 3.8) is 0 Å². The second kappa shape index (κ2) is 11.5. The zero-order valence-corrected chi connectivity index (χ0v) is 8.62. The van der Waals surface area contributed by atoms with E-state index in [1.165, 1.54) is 6.42 Å². The molecule has 0 aliphatic rings. The zero-order valence-electron chi connectivity index (χ0n) is 8.62. The molecule has 0 saturated heterocycles. The molecule has 0 heterocycles. The van der Waals surface area contributed by atoms with Gasteiger partial charge in [-0.05, 0) is 5.41 Å². The first-order valence-electron chi connectivity index (χ1n) is 3.91. The molecule has 0 radical (unpaired) electrons. The summed E-state index contributed by atoms with van der Waals surface area (Å²) in [6.45, 7) is 19.0. The van der Waals surface area contributed by atoms with Gasteiger partial charge in [0.1, 0.15) is 0 Å². The van der Waals surface area contributed by atoms with Crippen LogP contribution in [0.25, 0.3) is 0 Å². The molecule has 0 aromatic rings. The van der Waals surface area contributed by atoms with Crippen LogP contribution >= 0.6 is 0 Å². The summed E-state index contributed by atoms with van der Waals surface area (Å²) in [7, 11) is 0. The van der Waals surface area contributed by atoms with Crippen LogP contribution in [-0.2, 0) is 0 Å². The van der Waals surface area contributed by atoms with E-state index in [1.807, 2.05) is 0 Å². The van der Waals surface area contributed by atoms with Gasteiger partial charge in [-0.15, -0.1) is 13.2 Å². The number of hydrogen-bond acceptors (Lipinski definition) is 0. The summed E-state index contributed by atoms with van der Waals surface area (Å²) in [4.78, 5) is 0. The first kappa shape index (κ1) is 16.4. The molecule has 0 atom stereocenters. The van der Waals surface area contributed by atoms with Crippen LogP contribution < -0.4 is 0 Å². The van der Waals surface area contributed by atoms with Crippen LogP contribution in [0.1, 0.15) is 48.0 Å². The van der Waals surface area contributed by atoms with Gasteiger partial charge in [0.05, 0.1) is 0 Å². The van der Waals surface area contributed by atoms with E-state index in [4.69, 9.17) is 0 Å². The van der Waals surface area contributed by atoms with Crippen molar-refractivity contribution in [1.29, 1.82) is 0 Å². The molecule has 0 spiro atoms. The van der Waals surface area contributed by atoms with E-state index in [0.29, 0.717) is 5.41 Å². The van der Waals surface area contributed by atoms with Gasteiger partial charge < -0.3 is 0 Å². The minimum atomic E-state index is 0.500. The lowest BCUT2D eigenvalue weighted by Gasteiger charge is -2.05. The maximum atomic E-state index is 3.00. The Morgan fingerprint density at radius 1 is 0.900 bits per heavy atom. The topological polar surface area (TPSA) is 0 Å². The first-order valence-corrected chi connectivity index (χ1v) is 3.91. The fourth-order valence-electron chi connectivity index (χ4n) is 0. The molecular weight excluding hydrogens is 120 g/mol. The van der Waals surface area contributed by atoms with Crippen LogP contribution in [0.5, 0.6) is 0 Å². The van der Waals surface area contributed by atoms with Gasteiger partial charge in [0, 0.05) is 0 Å². The SMILES string of the molecule is C=C.CC(C)(C)C.CCC. The summed E-state index contributed by atoms with van der Waals surface area (Å²) in [5.41, 5.74) is 0.500. The van der Waals surface area contributed by atoms with E-state index < -0.39 is 0 Å². The highest BCUT2D eigenvalue weighted by molar-refractivity contribution is 4.47. The monoisotopic (exact) mass is 144 g/mol. The fourth-order valence-corrected chi connectivity index (χ4v) is 0. The van der Waals surface area contributed by atoms with Gasteiger partial charge in [-0.25, -0.2) is 0 Å². The van der Waals surface area contributed by atoms with Crippen molar-refractivity contribution >= 4 is 0 Å². The lowest BCUT2D eigenvalue weighted by Crippen LogP contribution is -1.93. The van der Waals surface area contributed by atoms with Crippen molar-refractivity contribution in [2.75, 3.05) is 0 Å². The molecule has 0 amide bonds. The highest BCUT2D eigenvalue weighted by Crippen LogP contribution is 2.07. The summed E-state index contributed by atoms with van der Waals surface area (Å²) in [5, 5.41) is 0. The Hall–Kier alpha value is -0.260. The molecule has 0 aliphatic carbocycles. The van der Waals surface area contributed by atoms with E-state index in [2.05, 4.69) is 54.7 Å². The van der Waals surface area contributed by atoms with Crippen molar-refractivity contribution in [2.45, 2.75) is 48.0 Å². The molecule has 0 bridgehead atoms. The third-order valence-electron chi connectivity index (χ3n) is 0. The van der Waals surface area contributed by atoms with E-state index in [1.54, 1.807) is 0 Å². The van der Waals surface area contributed by atoms with Gasteiger partial charge in [0.25, 0.3) is 0 Å². The predicted octanol–water partition coefficient (Wildman–Crippen LogP) is 4.27. The molecule has 0 aromatic heterocycles. The van der Waals surface area contributed by atoms with Gasteiger partial charge in [-0.3, -0.25) is 0 Å². The predicted molar refractivity (Wildman–Crippen MR) is 52.3 cm³/mol. The molecular formula is C10H24. The van der Waals surface area contributed by atoms with Crippen LogP contribution in [0.2, 0.25) is 0 Å². The highest BCUT2D eigenvalue weighted by atomic mass is 14.0. The van der Waals surface area contributed by atoms with Gasteiger partial charge in [-0.2, -0.15) is 0 Å². The second-order valence-electron chi connectivity index (χ2n) is 3.71. The maximum Gasteiger partial charge on any atom is -0.0411 e. The summed E-state index contributed by atoms with van der Waals surface area (Å²) >= 11 is 0. The average Bonchev–Trinajstić information content (AvgIpc) is 1.68. The molecule has 0 aliphatic heterocycles. The van der Waals surface area contributed by atoms with Crippen LogP contribution in [0.15, 0.2) is 13.2 Å².